The first-order chi connectivity index (χ1) is 12.2. The van der Waals surface area contributed by atoms with Gasteiger partial charge in [-0.2, -0.15) is 0 Å². The zero-order valence-electron chi connectivity index (χ0n) is 14.1. The van der Waals surface area contributed by atoms with E-state index in [4.69, 9.17) is 11.6 Å². The molecule has 0 saturated heterocycles. The van der Waals surface area contributed by atoms with E-state index in [1.54, 1.807) is 19.1 Å². The molecule has 0 spiro atoms. The Morgan fingerprint density at radius 1 is 1.15 bits per heavy atom. The first kappa shape index (κ1) is 19.9. The molecule has 9 heteroatoms. The van der Waals surface area contributed by atoms with Gasteiger partial charge in [-0.1, -0.05) is 17.7 Å². The average Bonchev–Trinajstić information content (AvgIpc) is 2.62. The molecule has 0 saturated carbocycles. The molecule has 0 aliphatic carbocycles. The maximum absolute atomic E-state index is 12.2. The van der Waals surface area contributed by atoms with Crippen LogP contribution >= 0.6 is 11.6 Å². The molecule has 0 heterocycles. The lowest BCUT2D eigenvalue weighted by molar-refractivity contribution is -0.115. The van der Waals surface area contributed by atoms with Crippen molar-refractivity contribution in [2.45, 2.75) is 11.8 Å². The number of amides is 1. The highest BCUT2D eigenvalue weighted by atomic mass is 35.5. The third-order valence-corrected chi connectivity index (χ3v) is 5.25. The molecular formula is C17H17ClN2O5S. The smallest absolute Gasteiger partial charge is 0.337 e. The fraction of sp³-hybridized carbons (Fsp3) is 0.176. The monoisotopic (exact) mass is 396 g/mol. The molecule has 2 rings (SSSR count). The molecule has 0 aliphatic rings. The highest BCUT2D eigenvalue weighted by Gasteiger charge is 2.16. The highest BCUT2D eigenvalue weighted by Crippen LogP contribution is 2.19. The number of sulfonamides is 1. The minimum absolute atomic E-state index is 0.0138. The number of carbonyl (C=O) groups excluding carboxylic acids is 2. The Bertz CT molecular complexity index is 944. The number of rotatable bonds is 6. The second-order valence-electron chi connectivity index (χ2n) is 5.36. The topological polar surface area (TPSA) is 102 Å². The summed E-state index contributed by atoms with van der Waals surface area (Å²) in [4.78, 5) is 23.5. The molecule has 2 aromatic rings. The van der Waals surface area contributed by atoms with Crippen molar-refractivity contribution in [2.24, 2.45) is 0 Å². The SMILES string of the molecule is COC(=O)c1cccc(NC(=O)CNS(=O)(=O)c2ccc(Cl)c(C)c2)c1. The van der Waals surface area contributed by atoms with Gasteiger partial charge in [-0.25, -0.2) is 17.9 Å². The lowest BCUT2D eigenvalue weighted by Gasteiger charge is -2.09. The zero-order chi connectivity index (χ0) is 19.3. The summed E-state index contributed by atoms with van der Waals surface area (Å²) in [5.41, 5.74) is 1.22. The van der Waals surface area contributed by atoms with Gasteiger partial charge in [0.25, 0.3) is 0 Å². The number of hydrogen-bond donors (Lipinski definition) is 2. The average molecular weight is 397 g/mol. The first-order valence-electron chi connectivity index (χ1n) is 7.47. The predicted octanol–water partition coefficient (Wildman–Crippen LogP) is 2.35. The Labute approximate surface area is 156 Å². The van der Waals surface area contributed by atoms with Crippen molar-refractivity contribution in [2.75, 3.05) is 19.0 Å². The fourth-order valence-corrected chi connectivity index (χ4v) is 3.26. The standard InChI is InChI=1S/C17H17ClN2O5S/c1-11-8-14(6-7-15(11)18)26(23,24)19-10-16(21)20-13-5-3-4-12(9-13)17(22)25-2/h3-9,19H,10H2,1-2H3,(H,20,21). The zero-order valence-corrected chi connectivity index (χ0v) is 15.6. The Hall–Kier alpha value is -2.42. The molecule has 0 aromatic heterocycles. The maximum Gasteiger partial charge on any atom is 0.337 e. The van der Waals surface area contributed by atoms with Crippen molar-refractivity contribution in [1.82, 2.24) is 4.72 Å². The minimum atomic E-state index is -3.86. The highest BCUT2D eigenvalue weighted by molar-refractivity contribution is 7.89. The van der Waals surface area contributed by atoms with E-state index in [-0.39, 0.29) is 10.5 Å². The van der Waals surface area contributed by atoms with Crippen LogP contribution in [-0.4, -0.2) is 33.9 Å². The van der Waals surface area contributed by atoms with Crippen LogP contribution in [0.5, 0.6) is 0 Å². The molecule has 2 aromatic carbocycles. The first-order valence-corrected chi connectivity index (χ1v) is 9.33. The second-order valence-corrected chi connectivity index (χ2v) is 7.53. The maximum atomic E-state index is 12.2. The molecule has 0 unspecified atom stereocenters. The van der Waals surface area contributed by atoms with Gasteiger partial charge in [-0.15, -0.1) is 0 Å². The number of anilines is 1. The molecule has 26 heavy (non-hydrogen) atoms. The fourth-order valence-electron chi connectivity index (χ4n) is 2.08. The van der Waals surface area contributed by atoms with E-state index in [1.807, 2.05) is 0 Å². The van der Waals surface area contributed by atoms with Crippen molar-refractivity contribution < 1.29 is 22.7 Å². The van der Waals surface area contributed by atoms with Crippen molar-refractivity contribution in [3.63, 3.8) is 0 Å². The number of esters is 1. The van der Waals surface area contributed by atoms with Crippen LogP contribution in [0.25, 0.3) is 0 Å². The van der Waals surface area contributed by atoms with Gasteiger partial charge >= 0.3 is 5.97 Å². The molecular weight excluding hydrogens is 380 g/mol. The van der Waals surface area contributed by atoms with E-state index in [1.165, 1.54) is 37.4 Å². The molecule has 0 bridgehead atoms. The molecule has 0 radical (unpaired) electrons. The van der Waals surface area contributed by atoms with Gasteiger partial charge < -0.3 is 10.1 Å². The van der Waals surface area contributed by atoms with Crippen LogP contribution in [0.4, 0.5) is 5.69 Å². The van der Waals surface area contributed by atoms with Crippen molar-refractivity contribution in [1.29, 1.82) is 0 Å². The molecule has 0 atom stereocenters. The van der Waals surface area contributed by atoms with Gasteiger partial charge in [-0.05, 0) is 48.9 Å². The third-order valence-electron chi connectivity index (χ3n) is 3.43. The number of methoxy groups -OCH3 is 1. The van der Waals surface area contributed by atoms with Gasteiger partial charge in [0, 0.05) is 10.7 Å². The van der Waals surface area contributed by atoms with Crippen molar-refractivity contribution in [3.8, 4) is 0 Å². The van der Waals surface area contributed by atoms with E-state index in [0.29, 0.717) is 16.3 Å². The number of ether oxygens (including phenoxy) is 1. The van der Waals surface area contributed by atoms with Gasteiger partial charge in [0.2, 0.25) is 15.9 Å². The van der Waals surface area contributed by atoms with Crippen LogP contribution in [0.15, 0.2) is 47.4 Å². The number of benzene rings is 2. The van der Waals surface area contributed by atoms with Crippen LogP contribution in [0.2, 0.25) is 5.02 Å². The van der Waals surface area contributed by atoms with Gasteiger partial charge in [-0.3, -0.25) is 4.79 Å². The van der Waals surface area contributed by atoms with Crippen molar-refractivity contribution in [3.05, 3.63) is 58.6 Å². The van der Waals surface area contributed by atoms with Crippen LogP contribution < -0.4 is 10.0 Å². The lowest BCUT2D eigenvalue weighted by Crippen LogP contribution is -2.33. The van der Waals surface area contributed by atoms with Crippen LogP contribution in [-0.2, 0) is 19.6 Å². The molecule has 1 amide bonds. The second kappa shape index (κ2) is 8.31. The predicted molar refractivity (Wildman–Crippen MR) is 97.8 cm³/mol. The summed E-state index contributed by atoms with van der Waals surface area (Å²) in [5, 5.41) is 2.96. The van der Waals surface area contributed by atoms with Crippen LogP contribution in [0.1, 0.15) is 15.9 Å². The Morgan fingerprint density at radius 3 is 2.54 bits per heavy atom. The number of hydrogen-bond acceptors (Lipinski definition) is 5. The van der Waals surface area contributed by atoms with E-state index in [9.17, 15) is 18.0 Å². The van der Waals surface area contributed by atoms with Gasteiger partial charge in [0.05, 0.1) is 24.1 Å². The minimum Gasteiger partial charge on any atom is -0.465 e. The third kappa shape index (κ3) is 5.04. The Morgan fingerprint density at radius 2 is 1.88 bits per heavy atom. The number of aryl methyl sites for hydroxylation is 1. The lowest BCUT2D eigenvalue weighted by atomic mass is 10.2. The van der Waals surface area contributed by atoms with Crippen LogP contribution in [0, 0.1) is 6.92 Å². The normalized spacial score (nSPS) is 11.0. The Kier molecular flexibility index (Phi) is 6.36. The summed E-state index contributed by atoms with van der Waals surface area (Å²) in [5.74, 6) is -1.12. The van der Waals surface area contributed by atoms with E-state index in [0.717, 1.165) is 0 Å². The molecule has 138 valence electrons. The van der Waals surface area contributed by atoms with E-state index >= 15 is 0 Å². The summed E-state index contributed by atoms with van der Waals surface area (Å²) >= 11 is 5.88. The van der Waals surface area contributed by atoms with Gasteiger partial charge in [0.15, 0.2) is 0 Å². The summed E-state index contributed by atoms with van der Waals surface area (Å²) in [6, 6.07) is 10.4. The van der Waals surface area contributed by atoms with E-state index in [2.05, 4.69) is 14.8 Å². The van der Waals surface area contributed by atoms with Crippen molar-refractivity contribution >= 4 is 39.2 Å². The number of halogens is 1. The summed E-state index contributed by atoms with van der Waals surface area (Å²) < 4.78 is 31.3. The Balaban J connectivity index is 2.02. The quantitative estimate of drug-likeness (QED) is 0.730. The molecule has 0 aliphatic heterocycles. The number of carbonyl (C=O) groups is 2. The summed E-state index contributed by atoms with van der Waals surface area (Å²) in [7, 11) is -2.61. The summed E-state index contributed by atoms with van der Waals surface area (Å²) in [6.07, 6.45) is 0. The summed E-state index contributed by atoms with van der Waals surface area (Å²) in [6.45, 7) is 1.22. The largest absolute Gasteiger partial charge is 0.465 e. The van der Waals surface area contributed by atoms with E-state index < -0.39 is 28.4 Å². The number of nitrogens with one attached hydrogen (secondary N) is 2. The molecule has 0 fully saturated rings. The molecule has 2 N–H and O–H groups in total. The molecule has 7 nitrogen and oxygen atoms in total. The van der Waals surface area contributed by atoms with Crippen LogP contribution in [0.3, 0.4) is 0 Å². The van der Waals surface area contributed by atoms with Gasteiger partial charge in [0.1, 0.15) is 0 Å².